The number of thiophene rings is 1. The lowest BCUT2D eigenvalue weighted by molar-refractivity contribution is -0.0115. The third-order valence-electron chi connectivity index (χ3n) is 8.13. The molecule has 13 nitrogen and oxygen atoms in total. The van der Waals surface area contributed by atoms with Crippen LogP contribution in [0, 0.1) is 19.8 Å². The van der Waals surface area contributed by atoms with Crippen molar-refractivity contribution in [2.24, 2.45) is 5.92 Å². The van der Waals surface area contributed by atoms with E-state index in [1.807, 2.05) is 13.8 Å². The molecule has 4 rings (SSSR count). The minimum Gasteiger partial charge on any atom is -0.490 e. The molecule has 0 unspecified atom stereocenters. The number of aliphatic hydroxyl groups is 1. The lowest BCUT2D eigenvalue weighted by Crippen LogP contribution is -2.48. The molecule has 1 aliphatic rings. The second kappa shape index (κ2) is 16.0. The number of nitrogens with one attached hydrogen (secondary N) is 2. The van der Waals surface area contributed by atoms with Crippen LogP contribution in [0.25, 0.3) is 0 Å². The Balaban J connectivity index is 1.62. The number of rotatable bonds is 8. The van der Waals surface area contributed by atoms with Crippen molar-refractivity contribution >= 4 is 44.7 Å². The van der Waals surface area contributed by atoms with Crippen molar-refractivity contribution < 1.29 is 37.1 Å². The van der Waals surface area contributed by atoms with Gasteiger partial charge in [-0.15, -0.1) is 11.3 Å². The number of ether oxygens (including phenoxy) is 2. The Kier molecular flexibility index (Phi) is 12.3. The van der Waals surface area contributed by atoms with Crippen molar-refractivity contribution in [2.45, 2.75) is 76.3 Å². The molecule has 15 heteroatoms. The molecule has 4 atom stereocenters. The van der Waals surface area contributed by atoms with Gasteiger partial charge in [0.15, 0.2) is 5.76 Å². The molecule has 3 N–H and O–H groups in total. The fourth-order valence-corrected chi connectivity index (χ4v) is 7.33. The summed E-state index contributed by atoms with van der Waals surface area (Å²) in [6.07, 6.45) is 1.57. The molecule has 0 aliphatic carbocycles. The molecule has 47 heavy (non-hydrogen) atoms. The first-order valence-electron chi connectivity index (χ1n) is 15.7. The summed E-state index contributed by atoms with van der Waals surface area (Å²) < 4.78 is 46.4. The zero-order valence-corrected chi connectivity index (χ0v) is 29.3. The summed E-state index contributed by atoms with van der Waals surface area (Å²) >= 11 is 1.09. The van der Waals surface area contributed by atoms with Crippen molar-refractivity contribution in [3.05, 3.63) is 52.7 Å². The second-order valence-corrected chi connectivity index (χ2v) is 14.9. The van der Waals surface area contributed by atoms with Crippen LogP contribution in [-0.4, -0.2) is 92.0 Å². The van der Waals surface area contributed by atoms with Crippen LogP contribution < -0.4 is 14.8 Å². The zero-order chi connectivity index (χ0) is 34.3. The van der Waals surface area contributed by atoms with E-state index in [1.165, 1.54) is 17.0 Å². The van der Waals surface area contributed by atoms with Crippen molar-refractivity contribution in [3.8, 4) is 5.75 Å². The number of aliphatic hydroxyl groups excluding tert-OH is 1. The fraction of sp³-hybridized carbons (Fsp3) is 0.531. The van der Waals surface area contributed by atoms with Crippen LogP contribution in [0.15, 0.2) is 44.4 Å². The Morgan fingerprint density at radius 1 is 1.23 bits per heavy atom. The van der Waals surface area contributed by atoms with E-state index >= 15 is 0 Å². The van der Waals surface area contributed by atoms with Gasteiger partial charge in [0.2, 0.25) is 0 Å². The summed E-state index contributed by atoms with van der Waals surface area (Å²) in [5, 5.41) is 18.6. The monoisotopic (exact) mass is 691 g/mol. The first kappa shape index (κ1) is 36.2. The van der Waals surface area contributed by atoms with Crippen molar-refractivity contribution in [3.63, 3.8) is 0 Å². The van der Waals surface area contributed by atoms with Crippen LogP contribution in [0.4, 0.5) is 16.2 Å². The van der Waals surface area contributed by atoms with E-state index in [4.69, 9.17) is 14.0 Å². The van der Waals surface area contributed by atoms with Crippen LogP contribution in [0.1, 0.15) is 61.8 Å². The largest absolute Gasteiger partial charge is 0.490 e. The van der Waals surface area contributed by atoms with Gasteiger partial charge in [0, 0.05) is 38.3 Å². The van der Waals surface area contributed by atoms with Gasteiger partial charge in [-0.1, -0.05) is 18.1 Å². The van der Waals surface area contributed by atoms with Crippen LogP contribution in [0.2, 0.25) is 0 Å². The standard InChI is InChI=1S/C32H45N5O8S2/c1-20-17-37(21(2)19-38)31(39)26-16-25(35-47(41,42)29-11-9-15-46-29)12-13-27(26)44-22(3)10-7-8-14-43-28(20)18-36(6)32(40)33-30-23(4)34-45-24(30)5/h9,11-13,15-16,20-22,28,35,38H,7-8,10,14,17-19H2,1-6H3,(H,33,40)/t20-,21+,22+,28-/m1/s1. The molecule has 1 aromatic carbocycles. The number of aromatic nitrogens is 1. The molecule has 0 saturated heterocycles. The van der Waals surface area contributed by atoms with E-state index in [-0.39, 0.29) is 53.2 Å². The van der Waals surface area contributed by atoms with Gasteiger partial charge in [-0.2, -0.15) is 0 Å². The molecule has 0 saturated carbocycles. The van der Waals surface area contributed by atoms with E-state index in [0.29, 0.717) is 35.9 Å². The highest BCUT2D eigenvalue weighted by molar-refractivity contribution is 7.94. The number of fused-ring (bicyclic) bond motifs is 1. The molecular weight excluding hydrogens is 647 g/mol. The van der Waals surface area contributed by atoms with Crippen LogP contribution in [0.5, 0.6) is 5.75 Å². The average molecular weight is 692 g/mol. The van der Waals surface area contributed by atoms with E-state index in [1.54, 1.807) is 56.3 Å². The first-order valence-corrected chi connectivity index (χ1v) is 18.0. The Morgan fingerprint density at radius 3 is 2.66 bits per heavy atom. The zero-order valence-electron chi connectivity index (χ0n) is 27.7. The van der Waals surface area contributed by atoms with Crippen molar-refractivity contribution in [1.82, 2.24) is 15.0 Å². The van der Waals surface area contributed by atoms with Gasteiger partial charge < -0.3 is 34.2 Å². The number of nitrogens with zero attached hydrogens (tertiary/aromatic N) is 3. The Bertz CT molecular complexity index is 1590. The van der Waals surface area contributed by atoms with Crippen LogP contribution in [0.3, 0.4) is 0 Å². The van der Waals surface area contributed by atoms with Gasteiger partial charge in [-0.3, -0.25) is 9.52 Å². The van der Waals surface area contributed by atoms with Crippen LogP contribution >= 0.6 is 11.3 Å². The lowest BCUT2D eigenvalue weighted by Gasteiger charge is -2.35. The third-order valence-corrected chi connectivity index (χ3v) is 10.9. The Hall–Kier alpha value is -3.66. The number of benzene rings is 1. The highest BCUT2D eigenvalue weighted by atomic mass is 32.2. The van der Waals surface area contributed by atoms with Gasteiger partial charge in [0.05, 0.1) is 30.4 Å². The second-order valence-electron chi connectivity index (χ2n) is 12.1. The maximum atomic E-state index is 14.3. The fourth-order valence-electron chi connectivity index (χ4n) is 5.29. The van der Waals surface area contributed by atoms with Gasteiger partial charge in [0.25, 0.3) is 15.9 Å². The highest BCUT2D eigenvalue weighted by Crippen LogP contribution is 2.30. The van der Waals surface area contributed by atoms with Crippen molar-refractivity contribution in [1.29, 1.82) is 0 Å². The molecule has 3 heterocycles. The van der Waals surface area contributed by atoms with Gasteiger partial charge >= 0.3 is 6.03 Å². The molecule has 0 bridgehead atoms. The smallest absolute Gasteiger partial charge is 0.321 e. The predicted octanol–water partition coefficient (Wildman–Crippen LogP) is 5.11. The van der Waals surface area contributed by atoms with E-state index < -0.39 is 28.1 Å². The van der Waals surface area contributed by atoms with Gasteiger partial charge in [-0.05, 0) is 76.6 Å². The number of carbonyl (C=O) groups is 2. The maximum Gasteiger partial charge on any atom is 0.321 e. The number of urea groups is 1. The number of carbonyl (C=O) groups excluding carboxylic acids is 2. The topological polar surface area (TPSA) is 164 Å². The lowest BCUT2D eigenvalue weighted by atomic mass is 10.0. The molecule has 0 fully saturated rings. The van der Waals surface area contributed by atoms with Gasteiger partial charge in [-0.25, -0.2) is 13.2 Å². The van der Waals surface area contributed by atoms with Crippen LogP contribution in [-0.2, 0) is 14.8 Å². The van der Waals surface area contributed by atoms with Gasteiger partial charge in [0.1, 0.15) is 21.3 Å². The van der Waals surface area contributed by atoms with E-state index in [9.17, 15) is 23.1 Å². The van der Waals surface area contributed by atoms with E-state index in [2.05, 4.69) is 15.2 Å². The summed E-state index contributed by atoms with van der Waals surface area (Å²) in [6, 6.07) is 6.86. The number of anilines is 2. The van der Waals surface area contributed by atoms with Crippen molar-refractivity contribution in [2.75, 3.05) is 43.4 Å². The molecule has 258 valence electrons. The Morgan fingerprint density at radius 2 is 2.00 bits per heavy atom. The number of hydrogen-bond donors (Lipinski definition) is 3. The number of amides is 3. The molecule has 3 amide bonds. The number of sulfonamides is 1. The average Bonchev–Trinajstić information content (AvgIpc) is 3.69. The maximum absolute atomic E-state index is 14.3. The predicted molar refractivity (Wildman–Crippen MR) is 180 cm³/mol. The molecular formula is C32H45N5O8S2. The first-order chi connectivity index (χ1) is 22.3. The SMILES string of the molecule is Cc1noc(C)c1NC(=O)N(C)C[C@H]1OCCCC[C@H](C)Oc2ccc(NS(=O)(=O)c3cccs3)cc2C(=O)N([C@@H](C)CO)C[C@H]1C. The minimum atomic E-state index is -3.86. The molecule has 0 radical (unpaired) electrons. The molecule has 3 aromatic rings. The Labute approximate surface area is 280 Å². The number of aryl methyl sites for hydroxylation is 2. The summed E-state index contributed by atoms with van der Waals surface area (Å²) in [5.41, 5.74) is 1.46. The molecule has 2 aromatic heterocycles. The summed E-state index contributed by atoms with van der Waals surface area (Å²) in [5.74, 6) is 0.122. The summed E-state index contributed by atoms with van der Waals surface area (Å²) in [6.45, 7) is 9.62. The van der Waals surface area contributed by atoms with E-state index in [0.717, 1.165) is 24.2 Å². The molecule has 1 aliphatic heterocycles. The number of likely N-dealkylation sites (N-methyl/N-ethyl adjacent to an activating group) is 1. The summed E-state index contributed by atoms with van der Waals surface area (Å²) in [4.78, 5) is 30.5. The minimum absolute atomic E-state index is 0.148. The third kappa shape index (κ3) is 9.24. The normalized spacial score (nSPS) is 20.4. The quantitative estimate of drug-likeness (QED) is 0.291. The molecule has 0 spiro atoms. The summed E-state index contributed by atoms with van der Waals surface area (Å²) in [7, 11) is -2.20. The highest BCUT2D eigenvalue weighted by Gasteiger charge is 2.31. The number of hydrogen-bond acceptors (Lipinski definition) is 10.